The summed E-state index contributed by atoms with van der Waals surface area (Å²) < 4.78 is 28.5. The Bertz CT molecular complexity index is 707. The minimum Gasteiger partial charge on any atom is -0.326 e. The van der Waals surface area contributed by atoms with Crippen molar-refractivity contribution in [2.45, 2.75) is 19.2 Å². The smallest absolute Gasteiger partial charge is 0.238 e. The summed E-state index contributed by atoms with van der Waals surface area (Å²) in [6, 6.07) is 8.94. The monoisotopic (exact) mass is 294 g/mol. The fraction of sp³-hybridized carbons (Fsp3) is 0.308. The number of benzene rings is 1. The third kappa shape index (κ3) is 3.37. The quantitative estimate of drug-likeness (QED) is 0.865. The van der Waals surface area contributed by atoms with E-state index in [0.717, 1.165) is 11.3 Å². The van der Waals surface area contributed by atoms with Gasteiger partial charge in [0.1, 0.15) is 5.82 Å². The lowest BCUT2D eigenvalue weighted by atomic mass is 10.1. The van der Waals surface area contributed by atoms with Gasteiger partial charge in [-0.2, -0.15) is 5.10 Å². The molecular weight excluding hydrogens is 276 g/mol. The number of aromatic nitrogens is 2. The molecule has 0 fully saturated rings. The molecule has 6 nitrogen and oxygen atoms in total. The molecule has 7 heteroatoms. The van der Waals surface area contributed by atoms with Crippen molar-refractivity contribution in [1.82, 2.24) is 9.78 Å². The number of sulfonamides is 1. The number of nitrogens with zero attached hydrogens (tertiary/aromatic N) is 2. The molecule has 3 N–H and O–H groups in total. The molecule has 0 aliphatic carbocycles. The van der Waals surface area contributed by atoms with Crippen molar-refractivity contribution in [3.63, 3.8) is 0 Å². The van der Waals surface area contributed by atoms with Gasteiger partial charge in [-0.1, -0.05) is 24.3 Å². The molecule has 0 unspecified atom stereocenters. The van der Waals surface area contributed by atoms with Crippen LogP contribution in [0.2, 0.25) is 0 Å². The van der Waals surface area contributed by atoms with Crippen LogP contribution in [0.25, 0.3) is 0 Å². The van der Waals surface area contributed by atoms with E-state index in [1.54, 1.807) is 25.2 Å². The Balaban J connectivity index is 2.21. The summed E-state index contributed by atoms with van der Waals surface area (Å²) in [5.41, 5.74) is 7.92. The van der Waals surface area contributed by atoms with Crippen LogP contribution in [0.4, 0.5) is 5.82 Å². The SMILES string of the molecule is Cc1cc(NS(=O)(=O)Cc2ccccc2CN)n(C)n1. The van der Waals surface area contributed by atoms with E-state index in [9.17, 15) is 8.42 Å². The summed E-state index contributed by atoms with van der Waals surface area (Å²) in [6.45, 7) is 2.12. The Hall–Kier alpha value is -1.86. The first-order valence-electron chi connectivity index (χ1n) is 6.19. The van der Waals surface area contributed by atoms with Crippen LogP contribution in [0, 0.1) is 6.92 Å². The molecule has 1 aromatic carbocycles. The molecule has 1 aromatic heterocycles. The van der Waals surface area contributed by atoms with Gasteiger partial charge < -0.3 is 5.73 Å². The highest BCUT2D eigenvalue weighted by Crippen LogP contribution is 2.16. The number of aryl methyl sites for hydroxylation is 2. The topological polar surface area (TPSA) is 90.0 Å². The summed E-state index contributed by atoms with van der Waals surface area (Å²) in [5, 5.41) is 4.11. The highest BCUT2D eigenvalue weighted by molar-refractivity contribution is 7.91. The van der Waals surface area contributed by atoms with Gasteiger partial charge in [0, 0.05) is 19.7 Å². The van der Waals surface area contributed by atoms with Gasteiger partial charge in [0.25, 0.3) is 0 Å². The van der Waals surface area contributed by atoms with E-state index in [4.69, 9.17) is 5.73 Å². The first-order valence-corrected chi connectivity index (χ1v) is 7.84. The van der Waals surface area contributed by atoms with Crippen LogP contribution < -0.4 is 10.5 Å². The molecule has 0 radical (unpaired) electrons. The molecule has 20 heavy (non-hydrogen) atoms. The summed E-state index contributed by atoms with van der Waals surface area (Å²) in [4.78, 5) is 0. The predicted octanol–water partition coefficient (Wildman–Crippen LogP) is 1.13. The van der Waals surface area contributed by atoms with E-state index in [1.807, 2.05) is 19.1 Å². The van der Waals surface area contributed by atoms with Crippen molar-refractivity contribution in [2.75, 3.05) is 4.72 Å². The van der Waals surface area contributed by atoms with E-state index in [1.165, 1.54) is 4.68 Å². The highest BCUT2D eigenvalue weighted by Gasteiger charge is 2.16. The number of rotatable bonds is 5. The first-order chi connectivity index (χ1) is 9.41. The summed E-state index contributed by atoms with van der Waals surface area (Å²) in [5.74, 6) is 0.345. The fourth-order valence-electron chi connectivity index (χ4n) is 2.00. The largest absolute Gasteiger partial charge is 0.326 e. The molecule has 0 amide bonds. The van der Waals surface area contributed by atoms with Gasteiger partial charge in [0.05, 0.1) is 11.4 Å². The van der Waals surface area contributed by atoms with Gasteiger partial charge >= 0.3 is 0 Å². The highest BCUT2D eigenvalue weighted by atomic mass is 32.2. The van der Waals surface area contributed by atoms with Crippen molar-refractivity contribution in [3.05, 3.63) is 47.2 Å². The lowest BCUT2D eigenvalue weighted by molar-refractivity contribution is 0.599. The molecule has 0 atom stereocenters. The van der Waals surface area contributed by atoms with Gasteiger partial charge in [-0.15, -0.1) is 0 Å². The van der Waals surface area contributed by atoms with Crippen molar-refractivity contribution in [2.24, 2.45) is 12.8 Å². The van der Waals surface area contributed by atoms with Crippen molar-refractivity contribution < 1.29 is 8.42 Å². The van der Waals surface area contributed by atoms with Crippen LogP contribution in [0.3, 0.4) is 0 Å². The maximum Gasteiger partial charge on any atom is 0.238 e. The van der Waals surface area contributed by atoms with Gasteiger partial charge in [0.15, 0.2) is 0 Å². The lowest BCUT2D eigenvalue weighted by Gasteiger charge is -2.10. The zero-order chi connectivity index (χ0) is 14.8. The molecule has 0 aliphatic heterocycles. The van der Waals surface area contributed by atoms with Crippen molar-refractivity contribution >= 4 is 15.8 Å². The Morgan fingerprint density at radius 3 is 2.50 bits per heavy atom. The third-order valence-corrected chi connectivity index (χ3v) is 4.16. The summed E-state index contributed by atoms with van der Waals surface area (Å²) in [7, 11) is -1.80. The molecule has 0 aliphatic rings. The Morgan fingerprint density at radius 1 is 1.30 bits per heavy atom. The van der Waals surface area contributed by atoms with Crippen LogP contribution in [0.5, 0.6) is 0 Å². The van der Waals surface area contributed by atoms with Crippen LogP contribution in [-0.2, 0) is 29.4 Å². The molecule has 1 heterocycles. The standard InChI is InChI=1S/C13H18N4O2S/c1-10-7-13(17(2)15-10)16-20(18,19)9-12-6-4-3-5-11(12)8-14/h3-7,16H,8-9,14H2,1-2H3. The predicted molar refractivity (Wildman–Crippen MR) is 78.5 cm³/mol. The molecule has 0 saturated carbocycles. The van der Waals surface area contributed by atoms with Gasteiger partial charge in [-0.05, 0) is 18.1 Å². The average Bonchev–Trinajstić information content (AvgIpc) is 2.67. The lowest BCUT2D eigenvalue weighted by Crippen LogP contribution is -2.18. The molecule has 2 aromatic rings. The average molecular weight is 294 g/mol. The van der Waals surface area contributed by atoms with Gasteiger partial charge in [0.2, 0.25) is 10.0 Å². The molecule has 2 rings (SSSR count). The maximum absolute atomic E-state index is 12.2. The minimum atomic E-state index is -3.50. The van der Waals surface area contributed by atoms with Gasteiger partial charge in [-0.3, -0.25) is 9.40 Å². The summed E-state index contributed by atoms with van der Waals surface area (Å²) >= 11 is 0. The normalized spacial score (nSPS) is 11.6. The second kappa shape index (κ2) is 5.64. The summed E-state index contributed by atoms with van der Waals surface area (Å²) in [6.07, 6.45) is 0. The van der Waals surface area contributed by atoms with Gasteiger partial charge in [-0.25, -0.2) is 8.42 Å². The second-order valence-corrected chi connectivity index (χ2v) is 6.35. The number of nitrogens with two attached hydrogens (primary N) is 1. The molecule has 0 spiro atoms. The maximum atomic E-state index is 12.2. The van der Waals surface area contributed by atoms with Crippen LogP contribution in [0.1, 0.15) is 16.8 Å². The van der Waals surface area contributed by atoms with Crippen molar-refractivity contribution in [1.29, 1.82) is 0 Å². The number of hydrogen-bond acceptors (Lipinski definition) is 4. The van der Waals surface area contributed by atoms with E-state index in [2.05, 4.69) is 9.82 Å². The van der Waals surface area contributed by atoms with Crippen LogP contribution >= 0.6 is 0 Å². The van der Waals surface area contributed by atoms with E-state index >= 15 is 0 Å². The first kappa shape index (κ1) is 14.5. The number of nitrogens with one attached hydrogen (secondary N) is 1. The zero-order valence-electron chi connectivity index (χ0n) is 11.5. The van der Waals surface area contributed by atoms with E-state index in [0.29, 0.717) is 17.9 Å². The molecule has 0 saturated heterocycles. The second-order valence-electron chi connectivity index (χ2n) is 4.63. The van der Waals surface area contributed by atoms with Crippen molar-refractivity contribution in [3.8, 4) is 0 Å². The Labute approximate surface area is 118 Å². The fourth-order valence-corrected chi connectivity index (χ4v) is 3.28. The number of anilines is 1. The minimum absolute atomic E-state index is 0.107. The van der Waals surface area contributed by atoms with Crippen LogP contribution in [-0.4, -0.2) is 18.2 Å². The van der Waals surface area contributed by atoms with E-state index < -0.39 is 10.0 Å². The Kier molecular flexibility index (Phi) is 4.10. The van der Waals surface area contributed by atoms with Crippen LogP contribution in [0.15, 0.2) is 30.3 Å². The third-order valence-electron chi connectivity index (χ3n) is 2.95. The number of hydrogen-bond donors (Lipinski definition) is 2. The molecular formula is C13H18N4O2S. The Morgan fingerprint density at radius 2 is 1.95 bits per heavy atom. The zero-order valence-corrected chi connectivity index (χ0v) is 12.3. The van der Waals surface area contributed by atoms with E-state index in [-0.39, 0.29) is 5.75 Å². The molecule has 108 valence electrons. The molecule has 0 bridgehead atoms.